The Hall–Kier alpha value is -1.10. The van der Waals surface area contributed by atoms with Crippen LogP contribution in [0.25, 0.3) is 0 Å². The van der Waals surface area contributed by atoms with E-state index in [2.05, 4.69) is 15.6 Å². The fourth-order valence-corrected chi connectivity index (χ4v) is 3.09. The van der Waals surface area contributed by atoms with Gasteiger partial charge in [-0.25, -0.2) is 9.78 Å². The van der Waals surface area contributed by atoms with Gasteiger partial charge in [-0.3, -0.25) is 0 Å². The average Bonchev–Trinajstić information content (AvgIpc) is 3.02. The lowest BCUT2D eigenvalue weighted by Crippen LogP contribution is -2.37. The third-order valence-corrected chi connectivity index (χ3v) is 4.44. The predicted molar refractivity (Wildman–Crippen MR) is 73.6 cm³/mol. The third-order valence-electron chi connectivity index (χ3n) is 3.48. The van der Waals surface area contributed by atoms with Crippen molar-refractivity contribution in [1.29, 1.82) is 0 Å². The summed E-state index contributed by atoms with van der Waals surface area (Å²) in [5.41, 5.74) is 0. The first-order chi connectivity index (χ1) is 8.75. The molecule has 1 aromatic rings. The Kier molecular flexibility index (Phi) is 4.99. The molecule has 0 spiro atoms. The molecule has 1 fully saturated rings. The lowest BCUT2D eigenvalue weighted by atomic mass is 10.0. The Morgan fingerprint density at radius 3 is 3.00 bits per heavy atom. The first-order valence-corrected chi connectivity index (χ1v) is 7.57. The predicted octanol–water partition coefficient (Wildman–Crippen LogP) is 3.08. The molecule has 1 aromatic heterocycles. The van der Waals surface area contributed by atoms with Gasteiger partial charge in [-0.15, -0.1) is 11.3 Å². The minimum absolute atomic E-state index is 0.0171. The van der Waals surface area contributed by atoms with Crippen LogP contribution in [0.3, 0.4) is 0 Å². The van der Waals surface area contributed by atoms with Gasteiger partial charge in [0.1, 0.15) is 5.01 Å². The van der Waals surface area contributed by atoms with Gasteiger partial charge in [-0.1, -0.05) is 25.7 Å². The zero-order valence-electron chi connectivity index (χ0n) is 10.8. The molecular weight excluding hydrogens is 246 g/mol. The normalized spacial score (nSPS) is 17.6. The SMILES string of the molecule is C[C@H](NC(=O)NCCC1CCCC1)c1nccs1. The topological polar surface area (TPSA) is 54.0 Å². The molecule has 1 heterocycles. The van der Waals surface area contributed by atoms with Gasteiger partial charge < -0.3 is 10.6 Å². The second kappa shape index (κ2) is 6.73. The van der Waals surface area contributed by atoms with Gasteiger partial charge in [0.15, 0.2) is 0 Å². The van der Waals surface area contributed by atoms with Gasteiger partial charge in [-0.05, 0) is 19.3 Å². The molecule has 0 aliphatic heterocycles. The maximum absolute atomic E-state index is 11.7. The number of carbonyl (C=O) groups excluding carboxylic acids is 1. The molecule has 18 heavy (non-hydrogen) atoms. The quantitative estimate of drug-likeness (QED) is 0.861. The fraction of sp³-hybridized carbons (Fsp3) is 0.692. The average molecular weight is 267 g/mol. The van der Waals surface area contributed by atoms with Crippen molar-refractivity contribution in [2.75, 3.05) is 6.54 Å². The number of nitrogens with zero attached hydrogens (tertiary/aromatic N) is 1. The van der Waals surface area contributed by atoms with Crippen LogP contribution in [0.5, 0.6) is 0 Å². The van der Waals surface area contributed by atoms with Crippen molar-refractivity contribution in [3.05, 3.63) is 16.6 Å². The molecular formula is C13H21N3OS. The molecule has 0 bridgehead atoms. The van der Waals surface area contributed by atoms with E-state index in [-0.39, 0.29) is 12.1 Å². The molecule has 100 valence electrons. The van der Waals surface area contributed by atoms with Crippen molar-refractivity contribution in [3.8, 4) is 0 Å². The third kappa shape index (κ3) is 3.98. The number of urea groups is 1. The molecule has 0 aromatic carbocycles. The highest BCUT2D eigenvalue weighted by molar-refractivity contribution is 7.09. The zero-order chi connectivity index (χ0) is 12.8. The highest BCUT2D eigenvalue weighted by Gasteiger charge is 2.15. The van der Waals surface area contributed by atoms with Crippen molar-refractivity contribution in [2.24, 2.45) is 5.92 Å². The second-order valence-electron chi connectivity index (χ2n) is 4.93. The number of thiazole rings is 1. The molecule has 4 nitrogen and oxygen atoms in total. The summed E-state index contributed by atoms with van der Waals surface area (Å²) in [6.45, 7) is 2.73. The lowest BCUT2D eigenvalue weighted by molar-refractivity contribution is 0.237. The van der Waals surface area contributed by atoms with Gasteiger partial charge in [-0.2, -0.15) is 0 Å². The summed E-state index contributed by atoms with van der Waals surface area (Å²) in [7, 11) is 0. The van der Waals surface area contributed by atoms with Crippen molar-refractivity contribution < 1.29 is 4.79 Å². The van der Waals surface area contributed by atoms with E-state index < -0.39 is 0 Å². The van der Waals surface area contributed by atoms with Crippen molar-refractivity contribution in [1.82, 2.24) is 15.6 Å². The minimum atomic E-state index is -0.0873. The van der Waals surface area contributed by atoms with Crippen LogP contribution < -0.4 is 10.6 Å². The van der Waals surface area contributed by atoms with Crippen molar-refractivity contribution >= 4 is 17.4 Å². The summed E-state index contributed by atoms with van der Waals surface area (Å²) >= 11 is 1.56. The molecule has 2 rings (SSSR count). The highest BCUT2D eigenvalue weighted by atomic mass is 32.1. The van der Waals surface area contributed by atoms with Crippen molar-refractivity contribution in [3.63, 3.8) is 0 Å². The Morgan fingerprint density at radius 1 is 1.56 bits per heavy atom. The van der Waals surface area contributed by atoms with Gasteiger partial charge in [0.05, 0.1) is 6.04 Å². The van der Waals surface area contributed by atoms with Crippen LogP contribution in [0.1, 0.15) is 50.1 Å². The summed E-state index contributed by atoms with van der Waals surface area (Å²) in [5, 5.41) is 8.70. The summed E-state index contributed by atoms with van der Waals surface area (Å²) in [5.74, 6) is 0.821. The molecule has 0 unspecified atom stereocenters. The number of hydrogen-bond acceptors (Lipinski definition) is 3. The molecule has 1 atom stereocenters. The summed E-state index contributed by atoms with van der Waals surface area (Å²) < 4.78 is 0. The standard InChI is InChI=1S/C13H21N3OS/c1-10(12-14-8-9-18-12)16-13(17)15-7-6-11-4-2-3-5-11/h8-11H,2-7H2,1H3,(H2,15,16,17)/t10-/m0/s1. The number of nitrogens with one attached hydrogen (secondary N) is 2. The Balaban J connectivity index is 1.62. The first kappa shape index (κ1) is 13.3. The Morgan fingerprint density at radius 2 is 2.33 bits per heavy atom. The number of hydrogen-bond donors (Lipinski definition) is 2. The molecule has 1 saturated carbocycles. The first-order valence-electron chi connectivity index (χ1n) is 6.69. The minimum Gasteiger partial charge on any atom is -0.338 e. The van der Waals surface area contributed by atoms with E-state index in [0.29, 0.717) is 0 Å². The van der Waals surface area contributed by atoms with Crippen LogP contribution in [-0.2, 0) is 0 Å². The number of carbonyl (C=O) groups is 1. The van der Waals surface area contributed by atoms with Gasteiger partial charge in [0, 0.05) is 18.1 Å². The lowest BCUT2D eigenvalue weighted by Gasteiger charge is -2.13. The molecule has 2 N–H and O–H groups in total. The molecule has 1 aliphatic rings. The summed E-state index contributed by atoms with van der Waals surface area (Å²) in [6.07, 6.45) is 8.25. The van der Waals surface area contributed by atoms with E-state index in [0.717, 1.165) is 23.9 Å². The van der Waals surface area contributed by atoms with E-state index in [4.69, 9.17) is 0 Å². The molecule has 1 aliphatic carbocycles. The summed E-state index contributed by atoms with van der Waals surface area (Å²) in [4.78, 5) is 15.9. The van der Waals surface area contributed by atoms with Crippen LogP contribution in [0.15, 0.2) is 11.6 Å². The van der Waals surface area contributed by atoms with E-state index in [9.17, 15) is 4.79 Å². The van der Waals surface area contributed by atoms with Gasteiger partial charge >= 0.3 is 6.03 Å². The Labute approximate surface area is 112 Å². The molecule has 0 radical (unpaired) electrons. The zero-order valence-corrected chi connectivity index (χ0v) is 11.6. The smallest absolute Gasteiger partial charge is 0.315 e. The Bertz CT molecular complexity index is 360. The number of amides is 2. The van der Waals surface area contributed by atoms with E-state index in [1.165, 1.54) is 25.7 Å². The number of rotatable bonds is 5. The van der Waals surface area contributed by atoms with Crippen LogP contribution in [0, 0.1) is 5.92 Å². The van der Waals surface area contributed by atoms with Gasteiger partial charge in [0.2, 0.25) is 0 Å². The van der Waals surface area contributed by atoms with Crippen LogP contribution in [-0.4, -0.2) is 17.6 Å². The number of aromatic nitrogens is 1. The molecule has 5 heteroatoms. The van der Waals surface area contributed by atoms with Crippen LogP contribution in [0.2, 0.25) is 0 Å². The van der Waals surface area contributed by atoms with Crippen LogP contribution >= 0.6 is 11.3 Å². The van der Waals surface area contributed by atoms with E-state index >= 15 is 0 Å². The maximum atomic E-state index is 11.7. The van der Waals surface area contributed by atoms with Crippen molar-refractivity contribution in [2.45, 2.75) is 45.1 Å². The maximum Gasteiger partial charge on any atom is 0.315 e. The fourth-order valence-electron chi connectivity index (χ4n) is 2.45. The van der Waals surface area contributed by atoms with E-state index in [1.54, 1.807) is 17.5 Å². The van der Waals surface area contributed by atoms with Crippen LogP contribution in [0.4, 0.5) is 4.79 Å². The highest BCUT2D eigenvalue weighted by Crippen LogP contribution is 2.26. The molecule has 2 amide bonds. The monoisotopic (exact) mass is 267 g/mol. The van der Waals surface area contributed by atoms with E-state index in [1.807, 2.05) is 12.3 Å². The second-order valence-corrected chi connectivity index (χ2v) is 5.86. The largest absolute Gasteiger partial charge is 0.338 e. The summed E-state index contributed by atoms with van der Waals surface area (Å²) in [6, 6.07) is -0.104. The van der Waals surface area contributed by atoms with Gasteiger partial charge in [0.25, 0.3) is 0 Å². The molecule has 0 saturated heterocycles.